The van der Waals surface area contributed by atoms with Gasteiger partial charge in [-0.05, 0) is 42.7 Å². The summed E-state index contributed by atoms with van der Waals surface area (Å²) in [5, 5.41) is 1.07. The van der Waals surface area contributed by atoms with Crippen LogP contribution in [-0.4, -0.2) is 53.5 Å². The van der Waals surface area contributed by atoms with E-state index in [4.69, 9.17) is 9.47 Å². The van der Waals surface area contributed by atoms with Gasteiger partial charge in [-0.3, -0.25) is 9.59 Å². The number of aromatic amines is 1. The van der Waals surface area contributed by atoms with Gasteiger partial charge in [-0.15, -0.1) is 0 Å². The van der Waals surface area contributed by atoms with Crippen molar-refractivity contribution in [3.05, 3.63) is 59.3 Å². The lowest BCUT2D eigenvalue weighted by Crippen LogP contribution is -2.49. The number of H-pyrrole nitrogens is 1. The first kappa shape index (κ1) is 18.5. The highest BCUT2D eigenvalue weighted by Crippen LogP contribution is 2.45. The van der Waals surface area contributed by atoms with Crippen molar-refractivity contribution >= 4 is 23.2 Å². The molecule has 1 N–H and O–H groups in total. The predicted octanol–water partition coefficient (Wildman–Crippen LogP) is 2.85. The standard InChI is InChI=1S/C23H23N3O4/c1-14-7-15-8-20-21(30-13-29-20)9-17(15)23(26(14)22(28)11-25(2)12-27)18-10-24-19-6-4-3-5-16(18)19/h3-6,8-10,12,14,23-24H,7,11,13H2,1-2H3/t14-,23-/m1/s1. The van der Waals surface area contributed by atoms with Gasteiger partial charge in [0.05, 0.1) is 12.6 Å². The van der Waals surface area contributed by atoms with Crippen LogP contribution < -0.4 is 9.47 Å². The van der Waals surface area contributed by atoms with Crippen molar-refractivity contribution in [2.24, 2.45) is 0 Å². The van der Waals surface area contributed by atoms with E-state index in [-0.39, 0.29) is 31.3 Å². The minimum Gasteiger partial charge on any atom is -0.454 e. The van der Waals surface area contributed by atoms with Gasteiger partial charge in [-0.25, -0.2) is 0 Å². The van der Waals surface area contributed by atoms with Crippen LogP contribution in [0.1, 0.15) is 29.7 Å². The van der Waals surface area contributed by atoms with E-state index in [0.29, 0.717) is 18.6 Å². The molecule has 0 aliphatic carbocycles. The molecule has 2 aromatic carbocycles. The second-order valence-electron chi connectivity index (χ2n) is 7.97. The topological polar surface area (TPSA) is 74.9 Å². The molecule has 0 bridgehead atoms. The molecule has 0 fully saturated rings. The lowest BCUT2D eigenvalue weighted by molar-refractivity contribution is -0.139. The molecule has 2 amide bonds. The number of ether oxygens (including phenoxy) is 2. The number of carbonyl (C=O) groups is 2. The van der Waals surface area contributed by atoms with E-state index < -0.39 is 0 Å². The molecule has 7 heteroatoms. The molecule has 2 atom stereocenters. The zero-order chi connectivity index (χ0) is 20.8. The number of carbonyl (C=O) groups excluding carboxylic acids is 2. The van der Waals surface area contributed by atoms with Gasteiger partial charge in [0.1, 0.15) is 0 Å². The van der Waals surface area contributed by atoms with Crippen LogP contribution in [0.2, 0.25) is 0 Å². The van der Waals surface area contributed by atoms with Crippen LogP contribution in [0.3, 0.4) is 0 Å². The lowest BCUT2D eigenvalue weighted by atomic mass is 9.84. The summed E-state index contributed by atoms with van der Waals surface area (Å²) >= 11 is 0. The molecule has 7 nitrogen and oxygen atoms in total. The third kappa shape index (κ3) is 2.89. The quantitative estimate of drug-likeness (QED) is 0.678. The smallest absolute Gasteiger partial charge is 0.243 e. The van der Waals surface area contributed by atoms with E-state index in [0.717, 1.165) is 33.3 Å². The first-order valence-electron chi connectivity index (χ1n) is 10.0. The van der Waals surface area contributed by atoms with E-state index in [1.54, 1.807) is 7.05 Å². The Labute approximate surface area is 174 Å². The van der Waals surface area contributed by atoms with Crippen molar-refractivity contribution < 1.29 is 19.1 Å². The van der Waals surface area contributed by atoms with Gasteiger partial charge in [-0.2, -0.15) is 0 Å². The van der Waals surface area contributed by atoms with Gasteiger partial charge < -0.3 is 24.3 Å². The van der Waals surface area contributed by atoms with Crippen LogP contribution >= 0.6 is 0 Å². The highest BCUT2D eigenvalue weighted by molar-refractivity contribution is 5.87. The molecule has 30 heavy (non-hydrogen) atoms. The Kier molecular flexibility index (Phi) is 4.38. The number of para-hydroxylation sites is 1. The monoisotopic (exact) mass is 405 g/mol. The Balaban J connectivity index is 1.68. The molecular weight excluding hydrogens is 382 g/mol. The minimum atomic E-state index is -0.290. The number of hydrogen-bond donors (Lipinski definition) is 1. The average Bonchev–Trinajstić information content (AvgIpc) is 3.37. The molecule has 1 aromatic heterocycles. The first-order valence-corrected chi connectivity index (χ1v) is 10.0. The van der Waals surface area contributed by atoms with Gasteiger partial charge in [0.25, 0.3) is 0 Å². The SMILES string of the molecule is C[C@@H]1Cc2cc3c(cc2[C@H](c2c[nH]c4ccccc24)N1C(=O)CN(C)C=O)OCO3. The molecule has 5 rings (SSSR count). The van der Waals surface area contributed by atoms with Crippen molar-refractivity contribution in [2.45, 2.75) is 25.4 Å². The van der Waals surface area contributed by atoms with E-state index >= 15 is 0 Å². The largest absolute Gasteiger partial charge is 0.454 e. The molecule has 0 saturated heterocycles. The van der Waals surface area contributed by atoms with E-state index in [9.17, 15) is 9.59 Å². The summed E-state index contributed by atoms with van der Waals surface area (Å²) in [6, 6.07) is 11.8. The summed E-state index contributed by atoms with van der Waals surface area (Å²) in [5.41, 5.74) is 4.23. The fraction of sp³-hybridized carbons (Fsp3) is 0.304. The van der Waals surface area contributed by atoms with Crippen molar-refractivity contribution in [3.8, 4) is 11.5 Å². The second kappa shape index (κ2) is 7.09. The lowest BCUT2D eigenvalue weighted by Gasteiger charge is -2.42. The maximum absolute atomic E-state index is 13.3. The number of fused-ring (bicyclic) bond motifs is 3. The summed E-state index contributed by atoms with van der Waals surface area (Å²) in [6.07, 6.45) is 3.37. The van der Waals surface area contributed by atoms with Crippen LogP contribution in [0.5, 0.6) is 11.5 Å². The number of likely N-dealkylation sites (N-methyl/N-ethyl adjacent to an activating group) is 1. The summed E-state index contributed by atoms with van der Waals surface area (Å²) in [5.74, 6) is 1.36. The molecule has 0 saturated carbocycles. The van der Waals surface area contributed by atoms with Crippen LogP contribution in [0.4, 0.5) is 0 Å². The number of nitrogens with zero attached hydrogens (tertiary/aromatic N) is 2. The van der Waals surface area contributed by atoms with Crippen LogP contribution in [0.25, 0.3) is 10.9 Å². The molecule has 3 heterocycles. The number of benzene rings is 2. The molecule has 3 aromatic rings. The van der Waals surface area contributed by atoms with Gasteiger partial charge in [0.15, 0.2) is 11.5 Å². The zero-order valence-corrected chi connectivity index (χ0v) is 16.9. The summed E-state index contributed by atoms with van der Waals surface area (Å²) in [4.78, 5) is 31.1. The van der Waals surface area contributed by atoms with Crippen LogP contribution in [0.15, 0.2) is 42.6 Å². The maximum Gasteiger partial charge on any atom is 0.243 e. The predicted molar refractivity (Wildman–Crippen MR) is 111 cm³/mol. The highest BCUT2D eigenvalue weighted by Gasteiger charge is 2.39. The fourth-order valence-electron chi connectivity index (χ4n) is 4.61. The molecule has 154 valence electrons. The average molecular weight is 405 g/mol. The van der Waals surface area contributed by atoms with Gasteiger partial charge in [0.2, 0.25) is 19.1 Å². The fourth-order valence-corrected chi connectivity index (χ4v) is 4.61. The van der Waals surface area contributed by atoms with E-state index in [1.165, 1.54) is 4.90 Å². The number of aromatic nitrogens is 1. The summed E-state index contributed by atoms with van der Waals surface area (Å²) < 4.78 is 11.2. The van der Waals surface area contributed by atoms with Crippen LogP contribution in [0, 0.1) is 0 Å². The number of amides is 2. The Morgan fingerprint density at radius 3 is 2.80 bits per heavy atom. The van der Waals surface area contributed by atoms with E-state index in [1.807, 2.05) is 48.4 Å². The third-order valence-corrected chi connectivity index (χ3v) is 5.97. The van der Waals surface area contributed by atoms with Crippen LogP contribution in [-0.2, 0) is 16.0 Å². The van der Waals surface area contributed by atoms with Crippen molar-refractivity contribution in [2.75, 3.05) is 20.4 Å². The van der Waals surface area contributed by atoms with Crippen molar-refractivity contribution in [3.63, 3.8) is 0 Å². The highest BCUT2D eigenvalue weighted by atomic mass is 16.7. The number of nitrogens with one attached hydrogen (secondary N) is 1. The Hall–Kier alpha value is -3.48. The maximum atomic E-state index is 13.3. The Bertz CT molecular complexity index is 1140. The van der Waals surface area contributed by atoms with Gasteiger partial charge in [0, 0.05) is 35.8 Å². The molecule has 2 aliphatic rings. The van der Waals surface area contributed by atoms with Gasteiger partial charge in [-0.1, -0.05) is 18.2 Å². The Morgan fingerprint density at radius 1 is 1.23 bits per heavy atom. The molecule has 0 unspecified atom stereocenters. The summed E-state index contributed by atoms with van der Waals surface area (Å²) in [6.45, 7) is 2.29. The molecule has 0 spiro atoms. The molecular formula is C23H23N3O4. The Morgan fingerprint density at radius 2 is 2.00 bits per heavy atom. The first-order chi connectivity index (χ1) is 14.6. The third-order valence-electron chi connectivity index (χ3n) is 5.97. The molecule has 2 aliphatic heterocycles. The summed E-state index contributed by atoms with van der Waals surface area (Å²) in [7, 11) is 1.62. The molecule has 0 radical (unpaired) electrons. The second-order valence-corrected chi connectivity index (χ2v) is 7.97. The zero-order valence-electron chi connectivity index (χ0n) is 16.9. The number of hydrogen-bond acceptors (Lipinski definition) is 4. The van der Waals surface area contributed by atoms with Crippen molar-refractivity contribution in [1.82, 2.24) is 14.8 Å². The van der Waals surface area contributed by atoms with Gasteiger partial charge >= 0.3 is 0 Å². The van der Waals surface area contributed by atoms with Crippen molar-refractivity contribution in [1.29, 1.82) is 0 Å². The normalized spacial score (nSPS) is 19.6. The van der Waals surface area contributed by atoms with E-state index in [2.05, 4.69) is 11.1 Å². The minimum absolute atomic E-state index is 0.0343. The number of rotatable bonds is 4.